The summed E-state index contributed by atoms with van der Waals surface area (Å²) in [6.45, 7) is 0. The molecule has 1 aromatic heterocycles. The zero-order chi connectivity index (χ0) is 13.0. The summed E-state index contributed by atoms with van der Waals surface area (Å²) >= 11 is 0. The fourth-order valence-electron chi connectivity index (χ4n) is 1.33. The van der Waals surface area contributed by atoms with E-state index in [9.17, 15) is 14.9 Å². The van der Waals surface area contributed by atoms with Crippen LogP contribution in [0.2, 0.25) is 0 Å². The average molecular weight is 246 g/mol. The van der Waals surface area contributed by atoms with Crippen LogP contribution in [0.5, 0.6) is 0 Å². The van der Waals surface area contributed by atoms with E-state index in [1.54, 1.807) is 18.5 Å². The monoisotopic (exact) mass is 246 g/mol. The molecule has 2 rings (SSSR count). The van der Waals surface area contributed by atoms with Crippen molar-refractivity contribution >= 4 is 17.3 Å². The number of aromatic nitrogens is 1. The van der Waals surface area contributed by atoms with E-state index in [4.69, 9.17) is 0 Å². The molecule has 1 aromatic carbocycles. The lowest BCUT2D eigenvalue weighted by molar-refractivity contribution is -0.384. The molecule has 92 valence electrons. The molecule has 0 unspecified atom stereocenters. The van der Waals surface area contributed by atoms with E-state index in [2.05, 4.69) is 15.8 Å². The lowest BCUT2D eigenvalue weighted by Gasteiger charge is -2.06. The van der Waals surface area contributed by atoms with Gasteiger partial charge in [-0.25, -0.2) is 0 Å². The van der Waals surface area contributed by atoms with Crippen molar-refractivity contribution in [1.82, 2.24) is 10.4 Å². The molecular formula is C11H10N4O3. The summed E-state index contributed by atoms with van der Waals surface area (Å²) < 4.78 is 0. The number of rotatable bonds is 4. The molecule has 1 amide bonds. The first-order valence-electron chi connectivity index (χ1n) is 5.10. The van der Waals surface area contributed by atoms with Gasteiger partial charge in [-0.1, -0.05) is 0 Å². The molecule has 2 aromatic rings. The van der Waals surface area contributed by atoms with Gasteiger partial charge in [0.15, 0.2) is 0 Å². The lowest BCUT2D eigenvalue weighted by atomic mass is 10.3. The Morgan fingerprint density at radius 2 is 1.94 bits per heavy atom. The Kier molecular flexibility index (Phi) is 3.24. The summed E-state index contributed by atoms with van der Waals surface area (Å²) in [5, 5.41) is 10.4. The number of hydrogen-bond acceptors (Lipinski definition) is 4. The van der Waals surface area contributed by atoms with Gasteiger partial charge in [-0.2, -0.15) is 0 Å². The van der Waals surface area contributed by atoms with E-state index >= 15 is 0 Å². The molecule has 0 aliphatic carbocycles. The van der Waals surface area contributed by atoms with Crippen molar-refractivity contribution in [2.45, 2.75) is 0 Å². The molecule has 0 atom stereocenters. The second-order valence-electron chi connectivity index (χ2n) is 3.48. The van der Waals surface area contributed by atoms with Crippen LogP contribution in [-0.2, 0) is 0 Å². The fourth-order valence-corrected chi connectivity index (χ4v) is 1.33. The minimum atomic E-state index is -0.484. The number of nitro benzene ring substituents is 1. The third-order valence-electron chi connectivity index (χ3n) is 2.26. The number of aromatic amines is 1. The predicted octanol–water partition coefficient (Wildman–Crippen LogP) is 1.68. The zero-order valence-corrected chi connectivity index (χ0v) is 9.21. The minimum absolute atomic E-state index is 0.00230. The van der Waals surface area contributed by atoms with Crippen LogP contribution in [0.4, 0.5) is 11.4 Å². The van der Waals surface area contributed by atoms with E-state index in [0.29, 0.717) is 11.3 Å². The highest BCUT2D eigenvalue weighted by Crippen LogP contribution is 2.14. The van der Waals surface area contributed by atoms with Gasteiger partial charge in [0.05, 0.1) is 16.2 Å². The number of carbonyl (C=O) groups is 1. The predicted molar refractivity (Wildman–Crippen MR) is 65.0 cm³/mol. The molecule has 0 aliphatic rings. The standard InChI is InChI=1S/C11H10N4O3/c16-11(8-5-6-12-7-8)14-13-9-1-3-10(4-2-9)15(17)18/h1-7,12-13H,(H,14,16). The number of carbonyl (C=O) groups excluding carboxylic acids is 1. The Morgan fingerprint density at radius 3 is 2.50 bits per heavy atom. The van der Waals surface area contributed by atoms with Gasteiger partial charge < -0.3 is 4.98 Å². The highest BCUT2D eigenvalue weighted by Gasteiger charge is 2.06. The zero-order valence-electron chi connectivity index (χ0n) is 9.21. The summed E-state index contributed by atoms with van der Waals surface area (Å²) in [7, 11) is 0. The van der Waals surface area contributed by atoms with E-state index in [0.717, 1.165) is 0 Å². The maximum atomic E-state index is 11.6. The first-order chi connectivity index (χ1) is 8.66. The average Bonchev–Trinajstić information content (AvgIpc) is 2.90. The molecule has 0 saturated heterocycles. The van der Waals surface area contributed by atoms with Gasteiger partial charge in [0.25, 0.3) is 11.6 Å². The van der Waals surface area contributed by atoms with Crippen LogP contribution >= 0.6 is 0 Å². The highest BCUT2D eigenvalue weighted by atomic mass is 16.6. The molecule has 3 N–H and O–H groups in total. The van der Waals surface area contributed by atoms with E-state index in [-0.39, 0.29) is 11.6 Å². The fraction of sp³-hybridized carbons (Fsp3) is 0. The number of amides is 1. The van der Waals surface area contributed by atoms with Crippen LogP contribution in [0.15, 0.2) is 42.7 Å². The largest absolute Gasteiger partial charge is 0.367 e. The highest BCUT2D eigenvalue weighted by molar-refractivity contribution is 5.94. The second kappa shape index (κ2) is 5.00. The van der Waals surface area contributed by atoms with Crippen molar-refractivity contribution in [3.63, 3.8) is 0 Å². The molecule has 0 fully saturated rings. The van der Waals surface area contributed by atoms with Crippen LogP contribution in [0.3, 0.4) is 0 Å². The minimum Gasteiger partial charge on any atom is -0.367 e. The first kappa shape index (κ1) is 11.6. The van der Waals surface area contributed by atoms with Crippen molar-refractivity contribution in [1.29, 1.82) is 0 Å². The normalized spacial score (nSPS) is 9.78. The third-order valence-corrected chi connectivity index (χ3v) is 2.26. The molecule has 18 heavy (non-hydrogen) atoms. The van der Waals surface area contributed by atoms with E-state index < -0.39 is 4.92 Å². The van der Waals surface area contributed by atoms with Gasteiger partial charge in [0.1, 0.15) is 0 Å². The van der Waals surface area contributed by atoms with E-state index in [1.807, 2.05) is 0 Å². The number of H-pyrrole nitrogens is 1. The SMILES string of the molecule is O=C(NNc1ccc([N+](=O)[O-])cc1)c1cc[nH]c1. The number of nitrogens with zero attached hydrogens (tertiary/aromatic N) is 1. The first-order valence-corrected chi connectivity index (χ1v) is 5.10. The number of nitro groups is 1. The van der Waals surface area contributed by atoms with Crippen LogP contribution in [0, 0.1) is 10.1 Å². The van der Waals surface area contributed by atoms with Gasteiger partial charge in [-0.05, 0) is 18.2 Å². The topological polar surface area (TPSA) is 100 Å². The molecule has 0 saturated carbocycles. The van der Waals surface area contributed by atoms with Crippen LogP contribution in [0.25, 0.3) is 0 Å². The summed E-state index contributed by atoms with van der Waals surface area (Å²) in [5.74, 6) is -0.297. The van der Waals surface area contributed by atoms with Crippen LogP contribution < -0.4 is 10.9 Å². The Bertz CT molecular complexity index is 548. The summed E-state index contributed by atoms with van der Waals surface area (Å²) in [5.41, 5.74) is 6.18. The summed E-state index contributed by atoms with van der Waals surface area (Å²) in [4.78, 5) is 24.3. The van der Waals surface area contributed by atoms with Crippen molar-refractivity contribution in [2.24, 2.45) is 0 Å². The summed E-state index contributed by atoms with van der Waals surface area (Å²) in [6, 6.07) is 7.35. The number of non-ortho nitro benzene ring substituents is 1. The Morgan fingerprint density at radius 1 is 1.22 bits per heavy atom. The third kappa shape index (κ3) is 2.64. The van der Waals surface area contributed by atoms with Crippen molar-refractivity contribution in [3.05, 3.63) is 58.4 Å². The molecule has 0 spiro atoms. The molecule has 7 nitrogen and oxygen atoms in total. The quantitative estimate of drug-likeness (QED) is 0.564. The van der Waals surface area contributed by atoms with Crippen molar-refractivity contribution < 1.29 is 9.72 Å². The maximum absolute atomic E-state index is 11.6. The number of benzene rings is 1. The molecule has 7 heteroatoms. The van der Waals surface area contributed by atoms with Gasteiger partial charge in [0, 0.05) is 24.5 Å². The number of hydrogen-bond donors (Lipinski definition) is 3. The molecule has 1 heterocycles. The van der Waals surface area contributed by atoms with Crippen molar-refractivity contribution in [2.75, 3.05) is 5.43 Å². The van der Waals surface area contributed by atoms with Crippen LogP contribution in [-0.4, -0.2) is 15.8 Å². The van der Waals surface area contributed by atoms with Gasteiger partial charge in [-0.3, -0.25) is 25.8 Å². The van der Waals surface area contributed by atoms with Gasteiger partial charge in [0.2, 0.25) is 0 Å². The number of anilines is 1. The second-order valence-corrected chi connectivity index (χ2v) is 3.48. The van der Waals surface area contributed by atoms with Crippen molar-refractivity contribution in [3.8, 4) is 0 Å². The van der Waals surface area contributed by atoms with Gasteiger partial charge in [-0.15, -0.1) is 0 Å². The Balaban J connectivity index is 1.94. The molecule has 0 radical (unpaired) electrons. The van der Waals surface area contributed by atoms with Crippen LogP contribution in [0.1, 0.15) is 10.4 Å². The van der Waals surface area contributed by atoms with Gasteiger partial charge >= 0.3 is 0 Å². The Labute approximate surface area is 102 Å². The molecule has 0 aliphatic heterocycles. The lowest BCUT2D eigenvalue weighted by Crippen LogP contribution is -2.28. The smallest absolute Gasteiger partial charge is 0.271 e. The number of hydrazine groups is 1. The maximum Gasteiger partial charge on any atom is 0.271 e. The molecular weight excluding hydrogens is 236 g/mol. The summed E-state index contributed by atoms with van der Waals surface area (Å²) in [6.07, 6.45) is 3.20. The number of nitrogens with one attached hydrogen (secondary N) is 3. The van der Waals surface area contributed by atoms with E-state index in [1.165, 1.54) is 24.3 Å². The molecule has 0 bridgehead atoms. The Hall–Kier alpha value is -2.83.